The van der Waals surface area contributed by atoms with Crippen molar-refractivity contribution in [3.8, 4) is 5.75 Å². The first-order valence-corrected chi connectivity index (χ1v) is 9.97. The molecule has 0 aliphatic rings. The van der Waals surface area contributed by atoms with Gasteiger partial charge in [-0.25, -0.2) is 0 Å². The Morgan fingerprint density at radius 3 is 2.20 bits per heavy atom. The molecule has 1 aromatic rings. The van der Waals surface area contributed by atoms with Gasteiger partial charge in [-0.1, -0.05) is 70.8 Å². The number of phenolic OH excluding ortho intramolecular Hbond substituents is 1. The first-order chi connectivity index (χ1) is 12.1. The third kappa shape index (κ3) is 10.7. The lowest BCUT2D eigenvalue weighted by Crippen LogP contribution is -2.24. The van der Waals surface area contributed by atoms with E-state index in [4.69, 9.17) is 5.73 Å². The molecule has 4 N–H and O–H groups in total. The molecule has 0 unspecified atom stereocenters. The van der Waals surface area contributed by atoms with Crippen molar-refractivity contribution >= 4 is 11.6 Å². The molecule has 1 amide bonds. The number of aryl methyl sites for hydroxylation is 1. The molecular formula is C21H36N2O2. The first-order valence-electron chi connectivity index (χ1n) is 9.97. The molecule has 4 nitrogen and oxygen atoms in total. The second-order valence-electron chi connectivity index (χ2n) is 6.92. The van der Waals surface area contributed by atoms with E-state index in [9.17, 15) is 9.90 Å². The number of anilines is 1. The number of nitrogens with two attached hydrogens (primary N) is 1. The molecule has 0 saturated heterocycles. The number of carbonyl (C=O) groups excluding carboxylic acids is 1. The van der Waals surface area contributed by atoms with Crippen LogP contribution in [0.25, 0.3) is 0 Å². The average molecular weight is 349 g/mol. The Balaban J connectivity index is 1.95. The topological polar surface area (TPSA) is 75.3 Å². The lowest BCUT2D eigenvalue weighted by atomic mass is 10.1. The normalized spacial score (nSPS) is 10.8. The van der Waals surface area contributed by atoms with Crippen LogP contribution in [0.1, 0.15) is 83.1 Å². The Morgan fingerprint density at radius 2 is 1.60 bits per heavy atom. The van der Waals surface area contributed by atoms with Crippen molar-refractivity contribution in [1.29, 1.82) is 0 Å². The minimum absolute atomic E-state index is 0.0726. The number of amides is 1. The number of hydrogen-bond acceptors (Lipinski definition) is 3. The number of hydrogen-bond donors (Lipinski definition) is 3. The highest BCUT2D eigenvalue weighted by Gasteiger charge is 2.05. The van der Waals surface area contributed by atoms with Gasteiger partial charge in [0.05, 0.1) is 0 Å². The van der Waals surface area contributed by atoms with E-state index in [0.29, 0.717) is 18.5 Å². The van der Waals surface area contributed by atoms with Crippen LogP contribution in [0.4, 0.5) is 5.69 Å². The fourth-order valence-electron chi connectivity index (χ4n) is 2.99. The summed E-state index contributed by atoms with van der Waals surface area (Å²) in [7, 11) is 0. The van der Waals surface area contributed by atoms with Gasteiger partial charge in [0.2, 0.25) is 5.91 Å². The van der Waals surface area contributed by atoms with Gasteiger partial charge in [0.25, 0.3) is 0 Å². The number of rotatable bonds is 14. The summed E-state index contributed by atoms with van der Waals surface area (Å²) in [6.07, 6.45) is 14.1. The minimum atomic E-state index is 0.0726. The zero-order valence-electron chi connectivity index (χ0n) is 15.9. The molecule has 0 saturated carbocycles. The third-order valence-corrected chi connectivity index (χ3v) is 4.60. The van der Waals surface area contributed by atoms with Gasteiger partial charge in [-0.2, -0.15) is 0 Å². The molecule has 142 valence electrons. The predicted molar refractivity (Wildman–Crippen MR) is 106 cm³/mol. The molecule has 1 aromatic carbocycles. The molecule has 0 atom stereocenters. The molecule has 0 bridgehead atoms. The summed E-state index contributed by atoms with van der Waals surface area (Å²) < 4.78 is 0. The zero-order chi connectivity index (χ0) is 18.3. The second kappa shape index (κ2) is 13.6. The maximum atomic E-state index is 11.9. The van der Waals surface area contributed by atoms with Crippen LogP contribution in [-0.4, -0.2) is 17.6 Å². The number of phenols is 1. The van der Waals surface area contributed by atoms with Gasteiger partial charge in [0.1, 0.15) is 5.75 Å². The maximum Gasteiger partial charge on any atom is 0.220 e. The van der Waals surface area contributed by atoms with Gasteiger partial charge in [-0.15, -0.1) is 0 Å². The summed E-state index contributed by atoms with van der Waals surface area (Å²) in [6.45, 7) is 3.02. The Hall–Kier alpha value is -1.71. The predicted octanol–water partition coefficient (Wildman–Crippen LogP) is 4.94. The van der Waals surface area contributed by atoms with Crippen molar-refractivity contribution in [2.24, 2.45) is 0 Å². The maximum absolute atomic E-state index is 11.9. The lowest BCUT2D eigenvalue weighted by Gasteiger charge is -2.07. The van der Waals surface area contributed by atoms with Crippen LogP contribution in [-0.2, 0) is 11.2 Å². The SMILES string of the molecule is CCCCCCCCCCCCNC(=O)CCc1ccc(O)cc1N. The summed E-state index contributed by atoms with van der Waals surface area (Å²) in [4.78, 5) is 11.9. The highest BCUT2D eigenvalue weighted by Crippen LogP contribution is 2.19. The standard InChI is InChI=1S/C21H36N2O2/c1-2-3-4-5-6-7-8-9-10-11-16-23-21(25)15-13-18-12-14-19(24)17-20(18)22/h12,14,17,24H,2-11,13,15-16,22H2,1H3,(H,23,25). The number of nitrogen functional groups attached to an aromatic ring is 1. The van der Waals surface area contributed by atoms with Crippen LogP contribution in [0.3, 0.4) is 0 Å². The molecule has 0 heterocycles. The van der Waals surface area contributed by atoms with Crippen molar-refractivity contribution in [1.82, 2.24) is 5.32 Å². The molecule has 0 aromatic heterocycles. The molecule has 0 radical (unpaired) electrons. The van der Waals surface area contributed by atoms with Crippen LogP contribution in [0.2, 0.25) is 0 Å². The molecule has 4 heteroatoms. The molecular weight excluding hydrogens is 312 g/mol. The van der Waals surface area contributed by atoms with E-state index < -0.39 is 0 Å². The second-order valence-corrected chi connectivity index (χ2v) is 6.92. The van der Waals surface area contributed by atoms with Gasteiger partial charge in [0, 0.05) is 24.7 Å². The number of nitrogens with one attached hydrogen (secondary N) is 1. The van der Waals surface area contributed by atoms with Gasteiger partial charge >= 0.3 is 0 Å². The van der Waals surface area contributed by atoms with E-state index in [1.807, 2.05) is 0 Å². The number of carbonyl (C=O) groups is 1. The van der Waals surface area contributed by atoms with E-state index in [1.165, 1.54) is 63.9 Å². The molecule has 0 fully saturated rings. The molecule has 25 heavy (non-hydrogen) atoms. The van der Waals surface area contributed by atoms with Crippen molar-refractivity contribution in [2.45, 2.75) is 84.0 Å². The summed E-state index contributed by atoms with van der Waals surface area (Å²) in [5, 5.41) is 12.3. The average Bonchev–Trinajstić information content (AvgIpc) is 2.59. The van der Waals surface area contributed by atoms with E-state index in [-0.39, 0.29) is 11.7 Å². The monoisotopic (exact) mass is 348 g/mol. The molecule has 0 spiro atoms. The summed E-state index contributed by atoms with van der Waals surface area (Å²) in [6, 6.07) is 4.91. The summed E-state index contributed by atoms with van der Waals surface area (Å²) in [5.41, 5.74) is 7.28. The smallest absolute Gasteiger partial charge is 0.220 e. The largest absolute Gasteiger partial charge is 0.508 e. The minimum Gasteiger partial charge on any atom is -0.508 e. The van der Waals surface area contributed by atoms with Gasteiger partial charge in [-0.3, -0.25) is 4.79 Å². The fourth-order valence-corrected chi connectivity index (χ4v) is 2.99. The van der Waals surface area contributed by atoms with Crippen molar-refractivity contribution in [2.75, 3.05) is 12.3 Å². The van der Waals surface area contributed by atoms with Crippen LogP contribution < -0.4 is 11.1 Å². The van der Waals surface area contributed by atoms with Crippen LogP contribution >= 0.6 is 0 Å². The highest BCUT2D eigenvalue weighted by molar-refractivity contribution is 5.76. The van der Waals surface area contributed by atoms with Gasteiger partial charge in [0.15, 0.2) is 0 Å². The Morgan fingerprint density at radius 1 is 1.00 bits per heavy atom. The fraction of sp³-hybridized carbons (Fsp3) is 0.667. The van der Waals surface area contributed by atoms with Crippen molar-refractivity contribution < 1.29 is 9.90 Å². The third-order valence-electron chi connectivity index (χ3n) is 4.60. The zero-order valence-corrected chi connectivity index (χ0v) is 15.9. The first kappa shape index (κ1) is 21.3. The Labute approximate surface area is 153 Å². The van der Waals surface area contributed by atoms with Crippen LogP contribution in [0.5, 0.6) is 5.75 Å². The quantitative estimate of drug-likeness (QED) is 0.329. The van der Waals surface area contributed by atoms with E-state index in [2.05, 4.69) is 12.2 Å². The molecule has 0 aliphatic carbocycles. The van der Waals surface area contributed by atoms with E-state index >= 15 is 0 Å². The van der Waals surface area contributed by atoms with Gasteiger partial charge < -0.3 is 16.2 Å². The summed E-state index contributed by atoms with van der Waals surface area (Å²) >= 11 is 0. The summed E-state index contributed by atoms with van der Waals surface area (Å²) in [5.74, 6) is 0.232. The van der Waals surface area contributed by atoms with E-state index in [1.54, 1.807) is 12.1 Å². The molecule has 1 rings (SSSR count). The lowest BCUT2D eigenvalue weighted by molar-refractivity contribution is -0.121. The van der Waals surface area contributed by atoms with Crippen molar-refractivity contribution in [3.05, 3.63) is 23.8 Å². The van der Waals surface area contributed by atoms with Crippen molar-refractivity contribution in [3.63, 3.8) is 0 Å². The number of unbranched alkanes of at least 4 members (excludes halogenated alkanes) is 9. The Bertz CT molecular complexity index is 489. The van der Waals surface area contributed by atoms with Crippen LogP contribution in [0.15, 0.2) is 18.2 Å². The number of benzene rings is 1. The highest BCUT2D eigenvalue weighted by atomic mass is 16.3. The van der Waals surface area contributed by atoms with E-state index in [0.717, 1.165) is 18.5 Å². The van der Waals surface area contributed by atoms with Gasteiger partial charge in [-0.05, 0) is 24.5 Å². The molecule has 0 aliphatic heterocycles. The number of aromatic hydroxyl groups is 1. The van der Waals surface area contributed by atoms with Crippen LogP contribution in [0, 0.1) is 0 Å². The Kier molecular flexibility index (Phi) is 11.6.